The molecule has 0 aliphatic carbocycles. The van der Waals surface area contributed by atoms with Gasteiger partial charge in [-0.15, -0.1) is 0 Å². The Morgan fingerprint density at radius 2 is 1.97 bits per heavy atom. The standard InChI is InChI=1S/C22H18N4O4S/c27-21(25-20-7-9-24-26(20)14-15-3-2-10-28-15)17-4-1-8-23-22(17)31-16-5-6-18-19(13-16)30-12-11-29-18/h1-10,13H,11-12,14H2,(H,25,27). The summed E-state index contributed by atoms with van der Waals surface area (Å²) in [5, 5.41) is 7.77. The van der Waals surface area contributed by atoms with Crippen LogP contribution in [0.4, 0.5) is 5.82 Å². The first-order valence-corrected chi connectivity index (χ1v) is 10.5. The van der Waals surface area contributed by atoms with Crippen LogP contribution in [0.3, 0.4) is 0 Å². The lowest BCUT2D eigenvalue weighted by atomic mass is 10.2. The number of hydrogen-bond donors (Lipinski definition) is 1. The number of fused-ring (bicyclic) bond motifs is 1. The zero-order chi connectivity index (χ0) is 21.0. The smallest absolute Gasteiger partial charge is 0.259 e. The highest BCUT2D eigenvalue weighted by Crippen LogP contribution is 2.37. The number of pyridine rings is 1. The van der Waals surface area contributed by atoms with Crippen molar-refractivity contribution in [1.82, 2.24) is 14.8 Å². The van der Waals surface area contributed by atoms with Crippen LogP contribution >= 0.6 is 11.8 Å². The number of nitrogens with zero attached hydrogens (tertiary/aromatic N) is 3. The first-order valence-electron chi connectivity index (χ1n) is 9.64. The molecule has 156 valence electrons. The Balaban J connectivity index is 1.35. The Morgan fingerprint density at radius 1 is 1.06 bits per heavy atom. The van der Waals surface area contributed by atoms with Crippen LogP contribution in [-0.4, -0.2) is 33.9 Å². The van der Waals surface area contributed by atoms with Gasteiger partial charge in [0.1, 0.15) is 36.4 Å². The molecule has 0 unspecified atom stereocenters. The Kier molecular flexibility index (Phi) is 5.32. The summed E-state index contributed by atoms with van der Waals surface area (Å²) in [6.45, 7) is 1.48. The highest BCUT2D eigenvalue weighted by atomic mass is 32.2. The Hall–Kier alpha value is -3.72. The van der Waals surface area contributed by atoms with E-state index in [2.05, 4.69) is 15.4 Å². The van der Waals surface area contributed by atoms with E-state index in [1.807, 2.05) is 30.3 Å². The van der Waals surface area contributed by atoms with Gasteiger partial charge in [0.2, 0.25) is 0 Å². The molecule has 1 amide bonds. The lowest BCUT2D eigenvalue weighted by molar-refractivity contribution is 0.102. The van der Waals surface area contributed by atoms with Crippen LogP contribution in [-0.2, 0) is 6.54 Å². The zero-order valence-corrected chi connectivity index (χ0v) is 17.2. The highest BCUT2D eigenvalue weighted by Gasteiger charge is 2.18. The van der Waals surface area contributed by atoms with Crippen molar-refractivity contribution in [2.24, 2.45) is 0 Å². The van der Waals surface area contributed by atoms with Gasteiger partial charge in [-0.05, 0) is 42.5 Å². The summed E-state index contributed by atoms with van der Waals surface area (Å²) < 4.78 is 18.3. The number of aromatic nitrogens is 3. The van der Waals surface area contributed by atoms with E-state index >= 15 is 0 Å². The summed E-state index contributed by atoms with van der Waals surface area (Å²) in [4.78, 5) is 18.4. The molecule has 1 aliphatic heterocycles. The summed E-state index contributed by atoms with van der Waals surface area (Å²) in [7, 11) is 0. The lowest BCUT2D eigenvalue weighted by Crippen LogP contribution is -2.17. The van der Waals surface area contributed by atoms with Crippen LogP contribution in [0.1, 0.15) is 16.1 Å². The van der Waals surface area contributed by atoms with Gasteiger partial charge >= 0.3 is 0 Å². The lowest BCUT2D eigenvalue weighted by Gasteiger charge is -2.18. The van der Waals surface area contributed by atoms with Crippen LogP contribution in [0.5, 0.6) is 11.5 Å². The van der Waals surface area contributed by atoms with E-state index in [9.17, 15) is 4.79 Å². The molecule has 0 fully saturated rings. The fraction of sp³-hybridized carbons (Fsp3) is 0.136. The number of carbonyl (C=O) groups excluding carboxylic acids is 1. The summed E-state index contributed by atoms with van der Waals surface area (Å²) in [6, 6.07) is 14.6. The first kappa shape index (κ1) is 19.3. The Bertz CT molecular complexity index is 1210. The molecule has 0 atom stereocenters. The normalized spacial score (nSPS) is 12.5. The van der Waals surface area contributed by atoms with E-state index in [0.29, 0.717) is 41.9 Å². The van der Waals surface area contributed by atoms with Crippen LogP contribution in [0.15, 0.2) is 81.5 Å². The third-order valence-electron chi connectivity index (χ3n) is 4.59. The summed E-state index contributed by atoms with van der Waals surface area (Å²) in [5.41, 5.74) is 0.466. The second-order valence-corrected chi connectivity index (χ2v) is 7.73. The van der Waals surface area contributed by atoms with Crippen molar-refractivity contribution in [3.8, 4) is 11.5 Å². The minimum absolute atomic E-state index is 0.269. The molecule has 5 rings (SSSR count). The van der Waals surface area contributed by atoms with Gasteiger partial charge < -0.3 is 19.2 Å². The van der Waals surface area contributed by atoms with E-state index in [-0.39, 0.29) is 5.91 Å². The van der Waals surface area contributed by atoms with Crippen LogP contribution in [0.25, 0.3) is 0 Å². The summed E-state index contributed by atoms with van der Waals surface area (Å²) >= 11 is 1.39. The van der Waals surface area contributed by atoms with Gasteiger partial charge in [-0.25, -0.2) is 9.67 Å². The molecule has 0 saturated carbocycles. The number of benzene rings is 1. The number of hydrogen-bond acceptors (Lipinski definition) is 7. The number of ether oxygens (including phenoxy) is 2. The minimum atomic E-state index is -0.269. The van der Waals surface area contributed by atoms with Gasteiger partial charge in [-0.2, -0.15) is 5.10 Å². The van der Waals surface area contributed by atoms with Crippen molar-refractivity contribution < 1.29 is 18.7 Å². The Labute approximate surface area is 182 Å². The van der Waals surface area contributed by atoms with Crippen LogP contribution in [0.2, 0.25) is 0 Å². The van der Waals surface area contributed by atoms with E-state index in [0.717, 1.165) is 16.4 Å². The maximum atomic E-state index is 13.0. The van der Waals surface area contributed by atoms with E-state index < -0.39 is 0 Å². The van der Waals surface area contributed by atoms with Gasteiger partial charge in [0.25, 0.3) is 5.91 Å². The molecule has 1 aliphatic rings. The van der Waals surface area contributed by atoms with E-state index in [4.69, 9.17) is 13.9 Å². The number of amides is 1. The zero-order valence-electron chi connectivity index (χ0n) is 16.4. The van der Waals surface area contributed by atoms with Gasteiger partial charge in [0.05, 0.1) is 18.0 Å². The third-order valence-corrected chi connectivity index (χ3v) is 5.60. The molecule has 0 radical (unpaired) electrons. The molecule has 1 N–H and O–H groups in total. The highest BCUT2D eigenvalue weighted by molar-refractivity contribution is 7.99. The molecular weight excluding hydrogens is 416 g/mol. The second kappa shape index (κ2) is 8.57. The number of rotatable bonds is 6. The van der Waals surface area contributed by atoms with Crippen molar-refractivity contribution >= 4 is 23.5 Å². The molecule has 0 saturated heterocycles. The van der Waals surface area contributed by atoms with Crippen LogP contribution < -0.4 is 14.8 Å². The molecule has 4 heterocycles. The predicted octanol–water partition coefficient (Wildman–Crippen LogP) is 4.09. The molecule has 9 heteroatoms. The van der Waals surface area contributed by atoms with Crippen molar-refractivity contribution in [1.29, 1.82) is 0 Å². The monoisotopic (exact) mass is 434 g/mol. The van der Waals surface area contributed by atoms with Gasteiger partial charge in [0.15, 0.2) is 11.5 Å². The van der Waals surface area contributed by atoms with Gasteiger partial charge in [-0.3, -0.25) is 4.79 Å². The molecule has 31 heavy (non-hydrogen) atoms. The number of nitrogens with one attached hydrogen (secondary N) is 1. The van der Waals surface area contributed by atoms with Crippen molar-refractivity contribution in [3.05, 3.63) is 78.5 Å². The molecule has 0 spiro atoms. The molecular formula is C22H18N4O4S. The van der Waals surface area contributed by atoms with Crippen molar-refractivity contribution in [2.75, 3.05) is 18.5 Å². The molecule has 1 aromatic carbocycles. The maximum Gasteiger partial charge on any atom is 0.259 e. The second-order valence-electron chi connectivity index (χ2n) is 6.67. The summed E-state index contributed by atoms with van der Waals surface area (Å²) in [5.74, 6) is 2.46. The van der Waals surface area contributed by atoms with Crippen molar-refractivity contribution in [2.45, 2.75) is 16.5 Å². The third kappa shape index (κ3) is 4.26. The quantitative estimate of drug-likeness (QED) is 0.489. The number of carbonyl (C=O) groups is 1. The molecule has 8 nitrogen and oxygen atoms in total. The number of anilines is 1. The minimum Gasteiger partial charge on any atom is -0.486 e. The molecule has 3 aromatic heterocycles. The van der Waals surface area contributed by atoms with Crippen molar-refractivity contribution in [3.63, 3.8) is 0 Å². The average molecular weight is 434 g/mol. The van der Waals surface area contributed by atoms with Gasteiger partial charge in [0, 0.05) is 17.2 Å². The predicted molar refractivity (Wildman–Crippen MR) is 114 cm³/mol. The summed E-state index contributed by atoms with van der Waals surface area (Å²) in [6.07, 6.45) is 4.90. The SMILES string of the molecule is O=C(Nc1ccnn1Cc1ccco1)c1cccnc1Sc1ccc2c(c1)OCCO2. The largest absolute Gasteiger partial charge is 0.486 e. The van der Waals surface area contributed by atoms with Crippen LogP contribution in [0, 0.1) is 0 Å². The fourth-order valence-corrected chi connectivity index (χ4v) is 4.05. The molecule has 0 bridgehead atoms. The molecule has 4 aromatic rings. The number of furan rings is 1. The first-order chi connectivity index (χ1) is 15.3. The van der Waals surface area contributed by atoms with Gasteiger partial charge in [-0.1, -0.05) is 11.8 Å². The Morgan fingerprint density at radius 3 is 2.84 bits per heavy atom. The average Bonchev–Trinajstić information content (AvgIpc) is 3.47. The topological polar surface area (TPSA) is 91.4 Å². The maximum absolute atomic E-state index is 13.0. The van der Waals surface area contributed by atoms with E-state index in [1.165, 1.54) is 11.8 Å². The van der Waals surface area contributed by atoms with E-state index in [1.54, 1.807) is 41.5 Å². The fourth-order valence-electron chi connectivity index (χ4n) is 3.14.